The molecule has 0 saturated carbocycles. The largest absolute Gasteiger partial charge is 0.466 e. The normalized spacial score (nSPS) is 11.8. The molecule has 0 spiro atoms. The standard InChI is InChI=1S/C15H17N3O3/c1-10-7-11(2)9-12(8-10)14(19)17-13(15(20)21-3)18-6-4-5-16-18/h4-9,13H,1-3H3,(H,17,19). The topological polar surface area (TPSA) is 73.2 Å². The summed E-state index contributed by atoms with van der Waals surface area (Å²) in [6, 6.07) is 7.17. The van der Waals surface area contributed by atoms with Gasteiger partial charge in [0, 0.05) is 18.0 Å². The maximum Gasteiger partial charge on any atom is 0.351 e. The molecule has 0 aliphatic heterocycles. The Kier molecular flexibility index (Phi) is 4.37. The van der Waals surface area contributed by atoms with Crippen LogP contribution >= 0.6 is 0 Å². The van der Waals surface area contributed by atoms with Crippen LogP contribution in [0.2, 0.25) is 0 Å². The average molecular weight is 287 g/mol. The molecule has 2 rings (SSSR count). The third-order valence-corrected chi connectivity index (χ3v) is 2.97. The van der Waals surface area contributed by atoms with E-state index in [1.165, 1.54) is 18.0 Å². The number of rotatable bonds is 4. The van der Waals surface area contributed by atoms with E-state index in [9.17, 15) is 9.59 Å². The Bertz CT molecular complexity index is 630. The smallest absolute Gasteiger partial charge is 0.351 e. The number of amides is 1. The summed E-state index contributed by atoms with van der Waals surface area (Å²) in [5, 5.41) is 6.60. The van der Waals surface area contributed by atoms with Crippen LogP contribution in [0.1, 0.15) is 27.7 Å². The lowest BCUT2D eigenvalue weighted by molar-refractivity contribution is -0.145. The van der Waals surface area contributed by atoms with Gasteiger partial charge < -0.3 is 10.1 Å². The van der Waals surface area contributed by atoms with Gasteiger partial charge in [0.25, 0.3) is 5.91 Å². The van der Waals surface area contributed by atoms with Gasteiger partial charge in [0.1, 0.15) is 0 Å². The first-order valence-electron chi connectivity index (χ1n) is 6.47. The second kappa shape index (κ2) is 6.21. The second-order valence-corrected chi connectivity index (χ2v) is 4.76. The monoisotopic (exact) mass is 287 g/mol. The fourth-order valence-corrected chi connectivity index (χ4v) is 2.09. The van der Waals surface area contributed by atoms with Gasteiger partial charge in [-0.25, -0.2) is 9.48 Å². The summed E-state index contributed by atoms with van der Waals surface area (Å²) in [5.41, 5.74) is 2.45. The van der Waals surface area contributed by atoms with Crippen LogP contribution in [0.3, 0.4) is 0 Å². The molecule has 0 fully saturated rings. The molecule has 2 aromatic rings. The van der Waals surface area contributed by atoms with Crippen molar-refractivity contribution in [3.63, 3.8) is 0 Å². The summed E-state index contributed by atoms with van der Waals surface area (Å²) >= 11 is 0. The van der Waals surface area contributed by atoms with Gasteiger partial charge in [-0.15, -0.1) is 0 Å². The van der Waals surface area contributed by atoms with E-state index in [0.29, 0.717) is 5.56 Å². The summed E-state index contributed by atoms with van der Waals surface area (Å²) in [6.45, 7) is 3.82. The molecule has 6 nitrogen and oxygen atoms in total. The Balaban J connectivity index is 2.24. The highest BCUT2D eigenvalue weighted by atomic mass is 16.5. The molecular weight excluding hydrogens is 270 g/mol. The molecule has 1 N–H and O–H groups in total. The van der Waals surface area contributed by atoms with Crippen molar-refractivity contribution in [2.45, 2.75) is 20.0 Å². The molecule has 0 aliphatic rings. The van der Waals surface area contributed by atoms with Gasteiger partial charge in [0.15, 0.2) is 0 Å². The lowest BCUT2D eigenvalue weighted by Gasteiger charge is -2.17. The zero-order valence-electron chi connectivity index (χ0n) is 12.2. The summed E-state index contributed by atoms with van der Waals surface area (Å²) in [7, 11) is 1.27. The highest BCUT2D eigenvalue weighted by molar-refractivity contribution is 5.96. The van der Waals surface area contributed by atoms with E-state index in [2.05, 4.69) is 10.4 Å². The average Bonchev–Trinajstić information content (AvgIpc) is 2.96. The molecule has 1 aromatic heterocycles. The predicted molar refractivity (Wildman–Crippen MR) is 76.7 cm³/mol. The molecule has 1 unspecified atom stereocenters. The summed E-state index contributed by atoms with van der Waals surface area (Å²) in [6.07, 6.45) is 2.13. The second-order valence-electron chi connectivity index (χ2n) is 4.76. The van der Waals surface area contributed by atoms with Crippen molar-refractivity contribution in [2.24, 2.45) is 0 Å². The maximum atomic E-state index is 12.3. The van der Waals surface area contributed by atoms with Crippen LogP contribution in [0.15, 0.2) is 36.7 Å². The van der Waals surface area contributed by atoms with Crippen molar-refractivity contribution in [1.82, 2.24) is 15.1 Å². The van der Waals surface area contributed by atoms with E-state index in [4.69, 9.17) is 4.74 Å². The zero-order valence-corrected chi connectivity index (χ0v) is 12.2. The van der Waals surface area contributed by atoms with Crippen LogP contribution < -0.4 is 5.32 Å². The number of methoxy groups -OCH3 is 1. The number of nitrogens with zero attached hydrogens (tertiary/aromatic N) is 2. The van der Waals surface area contributed by atoms with Crippen LogP contribution in [-0.2, 0) is 9.53 Å². The van der Waals surface area contributed by atoms with E-state index in [-0.39, 0.29) is 5.91 Å². The molecule has 1 atom stereocenters. The SMILES string of the molecule is COC(=O)C(NC(=O)c1cc(C)cc(C)c1)n1cccn1. The third-order valence-electron chi connectivity index (χ3n) is 2.97. The summed E-state index contributed by atoms with van der Waals surface area (Å²) < 4.78 is 6.05. The highest BCUT2D eigenvalue weighted by Gasteiger charge is 2.24. The fraction of sp³-hybridized carbons (Fsp3) is 0.267. The fourth-order valence-electron chi connectivity index (χ4n) is 2.09. The van der Waals surface area contributed by atoms with Crippen LogP contribution in [0.4, 0.5) is 0 Å². The maximum absolute atomic E-state index is 12.3. The molecule has 21 heavy (non-hydrogen) atoms. The molecule has 0 saturated heterocycles. The Morgan fingerprint density at radius 2 is 1.90 bits per heavy atom. The van der Waals surface area contributed by atoms with Crippen molar-refractivity contribution in [3.8, 4) is 0 Å². The van der Waals surface area contributed by atoms with Crippen molar-refractivity contribution in [2.75, 3.05) is 7.11 Å². The molecule has 110 valence electrons. The van der Waals surface area contributed by atoms with E-state index in [1.807, 2.05) is 19.9 Å². The minimum atomic E-state index is -0.988. The number of aromatic nitrogens is 2. The zero-order chi connectivity index (χ0) is 15.4. The number of benzene rings is 1. The molecule has 6 heteroatoms. The van der Waals surface area contributed by atoms with Gasteiger partial charge in [0.05, 0.1) is 7.11 Å². The van der Waals surface area contributed by atoms with Gasteiger partial charge in [-0.1, -0.05) is 17.2 Å². The summed E-state index contributed by atoms with van der Waals surface area (Å²) in [5.74, 6) is -0.941. The number of carbonyl (C=O) groups excluding carboxylic acids is 2. The van der Waals surface area contributed by atoms with Crippen LogP contribution in [0, 0.1) is 13.8 Å². The number of hydrogen-bond donors (Lipinski definition) is 1. The lowest BCUT2D eigenvalue weighted by atomic mass is 10.1. The van der Waals surface area contributed by atoms with Crippen LogP contribution in [0.25, 0.3) is 0 Å². The number of hydrogen-bond acceptors (Lipinski definition) is 4. The van der Waals surface area contributed by atoms with E-state index in [1.54, 1.807) is 24.4 Å². The third kappa shape index (κ3) is 3.47. The Morgan fingerprint density at radius 1 is 1.24 bits per heavy atom. The van der Waals surface area contributed by atoms with Crippen molar-refractivity contribution in [1.29, 1.82) is 0 Å². The van der Waals surface area contributed by atoms with Crippen LogP contribution in [0.5, 0.6) is 0 Å². The number of nitrogens with one attached hydrogen (secondary N) is 1. The first-order valence-corrected chi connectivity index (χ1v) is 6.47. The van der Waals surface area contributed by atoms with Crippen molar-refractivity contribution >= 4 is 11.9 Å². The molecule has 1 heterocycles. The van der Waals surface area contributed by atoms with E-state index >= 15 is 0 Å². The molecule has 1 aromatic carbocycles. The number of ether oxygens (including phenoxy) is 1. The Labute approximate surface area is 122 Å². The van der Waals surface area contributed by atoms with Gasteiger partial charge in [-0.3, -0.25) is 4.79 Å². The first-order chi connectivity index (χ1) is 10.0. The van der Waals surface area contributed by atoms with E-state index < -0.39 is 12.1 Å². The van der Waals surface area contributed by atoms with Gasteiger partial charge in [-0.2, -0.15) is 5.10 Å². The highest BCUT2D eigenvalue weighted by Crippen LogP contribution is 2.11. The van der Waals surface area contributed by atoms with Crippen LogP contribution in [-0.4, -0.2) is 28.8 Å². The number of esters is 1. The minimum Gasteiger partial charge on any atom is -0.466 e. The summed E-state index contributed by atoms with van der Waals surface area (Å²) in [4.78, 5) is 24.1. The lowest BCUT2D eigenvalue weighted by Crippen LogP contribution is -2.38. The van der Waals surface area contributed by atoms with Gasteiger partial charge in [-0.05, 0) is 32.0 Å². The Hall–Kier alpha value is -2.63. The molecular formula is C15H17N3O3. The first kappa shape index (κ1) is 14.8. The quantitative estimate of drug-likeness (QED) is 0.867. The molecule has 0 aliphatic carbocycles. The number of aryl methyl sites for hydroxylation is 2. The van der Waals surface area contributed by atoms with E-state index in [0.717, 1.165) is 11.1 Å². The van der Waals surface area contributed by atoms with Gasteiger partial charge in [0.2, 0.25) is 6.17 Å². The molecule has 0 radical (unpaired) electrons. The molecule has 0 bridgehead atoms. The number of carbonyl (C=O) groups is 2. The predicted octanol–water partition coefficient (Wildman–Crippen LogP) is 1.60. The molecule has 1 amide bonds. The van der Waals surface area contributed by atoms with Gasteiger partial charge >= 0.3 is 5.97 Å². The minimum absolute atomic E-state index is 0.354. The van der Waals surface area contributed by atoms with Crippen molar-refractivity contribution in [3.05, 3.63) is 53.3 Å². The Morgan fingerprint density at radius 3 is 2.43 bits per heavy atom. The van der Waals surface area contributed by atoms with Crippen molar-refractivity contribution < 1.29 is 14.3 Å².